The predicted octanol–water partition coefficient (Wildman–Crippen LogP) is 11.5. The number of hydrogen-bond donors (Lipinski definition) is 0. The van der Waals surface area contributed by atoms with Crippen molar-refractivity contribution in [2.24, 2.45) is 0 Å². The summed E-state index contributed by atoms with van der Waals surface area (Å²) in [5.74, 6) is 2.64. The summed E-state index contributed by atoms with van der Waals surface area (Å²) in [6, 6.07) is 29.8. The molecule has 5 rings (SSSR count). The topological polar surface area (TPSA) is 72.5 Å². The van der Waals surface area contributed by atoms with E-state index >= 15 is 0 Å². The van der Waals surface area contributed by atoms with Crippen LogP contribution in [-0.4, -0.2) is 6.30 Å². The molecular formula is C39H42O7P2. The number of para-hydroxylation sites is 4. The Hall–Kier alpha value is -4.57. The number of aryl methyl sites for hydroxylation is 8. The summed E-state index contributed by atoms with van der Waals surface area (Å²) in [6.07, 6.45) is 4.37. The summed E-state index contributed by atoms with van der Waals surface area (Å²) in [5, 5.41) is 0. The summed E-state index contributed by atoms with van der Waals surface area (Å²) in [4.78, 5) is 0. The molecule has 0 amide bonds. The van der Waals surface area contributed by atoms with E-state index in [9.17, 15) is 4.57 Å². The van der Waals surface area contributed by atoms with Crippen LogP contribution in [0.15, 0.2) is 97.1 Å². The van der Waals surface area contributed by atoms with Gasteiger partial charge in [0.15, 0.2) is 0 Å². The van der Waals surface area contributed by atoms with Gasteiger partial charge in [-0.1, -0.05) is 78.9 Å². The van der Waals surface area contributed by atoms with E-state index in [0.717, 1.165) is 44.5 Å². The van der Waals surface area contributed by atoms with Gasteiger partial charge in [-0.05, 0) is 112 Å². The first-order valence-electron chi connectivity index (χ1n) is 15.6. The molecule has 0 heterocycles. The van der Waals surface area contributed by atoms with Crippen molar-refractivity contribution in [2.45, 2.75) is 55.4 Å². The lowest BCUT2D eigenvalue weighted by Gasteiger charge is -2.28. The van der Waals surface area contributed by atoms with Gasteiger partial charge < -0.3 is 27.1 Å². The molecule has 5 aromatic rings. The average Bonchev–Trinajstić information content (AvgIpc) is 3.01. The summed E-state index contributed by atoms with van der Waals surface area (Å²) < 4.78 is 52.6. The molecule has 0 N–H and O–H groups in total. The molecule has 0 aliphatic heterocycles. The molecule has 0 spiro atoms. The lowest BCUT2D eigenvalue weighted by atomic mass is 10.1. The summed E-state index contributed by atoms with van der Waals surface area (Å²) in [6.45, 7) is 15.4. The van der Waals surface area contributed by atoms with Gasteiger partial charge >= 0.3 is 15.4 Å². The van der Waals surface area contributed by atoms with Crippen molar-refractivity contribution in [3.8, 4) is 34.5 Å². The minimum atomic E-state index is -4.32. The average molecular weight is 685 g/mol. The van der Waals surface area contributed by atoms with Gasteiger partial charge in [0.1, 0.15) is 34.5 Å². The van der Waals surface area contributed by atoms with Crippen LogP contribution in [0.3, 0.4) is 0 Å². The highest BCUT2D eigenvalue weighted by Crippen LogP contribution is 2.55. The molecule has 7 nitrogen and oxygen atoms in total. The molecular weight excluding hydrogens is 642 g/mol. The fourth-order valence-corrected chi connectivity index (χ4v) is 8.45. The van der Waals surface area contributed by atoms with Gasteiger partial charge in [0.25, 0.3) is 0 Å². The zero-order valence-corrected chi connectivity index (χ0v) is 30.5. The summed E-state index contributed by atoms with van der Waals surface area (Å²) >= 11 is 0. The van der Waals surface area contributed by atoms with Crippen molar-refractivity contribution < 1.29 is 31.7 Å². The molecule has 0 saturated carbocycles. The van der Waals surface area contributed by atoms with Crippen molar-refractivity contribution in [1.29, 1.82) is 0 Å². The fraction of sp³-hybridized carbons (Fsp3) is 0.205. The van der Waals surface area contributed by atoms with Gasteiger partial charge in [0.2, 0.25) is 0 Å². The third-order valence-corrected chi connectivity index (χ3v) is 10.4. The van der Waals surface area contributed by atoms with E-state index in [-0.39, 0.29) is 5.75 Å². The first-order chi connectivity index (χ1) is 22.8. The zero-order chi connectivity index (χ0) is 34.6. The molecule has 48 heavy (non-hydrogen) atoms. The molecule has 5 aromatic carbocycles. The van der Waals surface area contributed by atoms with Crippen LogP contribution in [0, 0.1) is 55.4 Å². The molecule has 0 atom stereocenters. The van der Waals surface area contributed by atoms with Gasteiger partial charge in [0, 0.05) is 12.4 Å². The molecule has 9 heteroatoms. The molecule has 0 aromatic heterocycles. The van der Waals surface area contributed by atoms with Crippen molar-refractivity contribution in [2.75, 3.05) is 0 Å². The van der Waals surface area contributed by atoms with Crippen LogP contribution >= 0.6 is 15.4 Å². The van der Waals surface area contributed by atoms with E-state index in [1.807, 2.05) is 128 Å². The number of benzene rings is 5. The van der Waals surface area contributed by atoms with Crippen LogP contribution in [0.4, 0.5) is 0 Å². The fourth-order valence-electron chi connectivity index (χ4n) is 5.26. The first kappa shape index (κ1) is 34.8. The highest BCUT2D eigenvalue weighted by atomic mass is 31.2. The smallest absolute Gasteiger partial charge is 0.415 e. The van der Waals surface area contributed by atoms with E-state index in [0.29, 0.717) is 28.7 Å². The Morgan fingerprint density at radius 3 is 1.00 bits per heavy atom. The third kappa shape index (κ3) is 8.10. The van der Waals surface area contributed by atoms with Gasteiger partial charge in [-0.25, -0.2) is 0 Å². The number of phosphoric ester groups is 1. The second-order valence-electron chi connectivity index (χ2n) is 12.0. The van der Waals surface area contributed by atoms with Crippen LogP contribution < -0.4 is 27.1 Å². The van der Waals surface area contributed by atoms with Gasteiger partial charge in [0.05, 0.1) is 0 Å². The van der Waals surface area contributed by atoms with E-state index in [2.05, 4.69) is 6.30 Å². The van der Waals surface area contributed by atoms with E-state index in [1.165, 1.54) is 0 Å². The molecule has 0 radical (unpaired) electrons. The van der Waals surface area contributed by atoms with Crippen molar-refractivity contribution in [3.63, 3.8) is 0 Å². The van der Waals surface area contributed by atoms with Crippen molar-refractivity contribution in [1.82, 2.24) is 0 Å². The first-order valence-corrected chi connectivity index (χ1v) is 18.8. The highest BCUT2D eigenvalue weighted by Gasteiger charge is 2.36. The Balaban J connectivity index is 1.52. The minimum absolute atomic E-state index is 0.194. The number of rotatable bonds is 12. The standard InChI is InChI=1S/C39H42O7P2/c1-26-15-10-16-27(2)36(26)43-47(9,44-37-28(3)17-11-18-29(37)4)41-34-23-14-24-35(25-34)42-48(40,45-38-30(5)19-12-20-31(38)6)46-39-32(7)21-13-22-33(39)8/h10-25H,9H2,1-8H3. The van der Waals surface area contributed by atoms with Crippen LogP contribution in [-0.2, 0) is 4.57 Å². The van der Waals surface area contributed by atoms with Crippen LogP contribution in [0.25, 0.3) is 0 Å². The Labute approximate surface area is 284 Å². The number of phosphoric acid groups is 1. The van der Waals surface area contributed by atoms with Gasteiger partial charge in [-0.3, -0.25) is 0 Å². The maximum Gasteiger partial charge on any atom is 0.647 e. The summed E-state index contributed by atoms with van der Waals surface area (Å²) in [5.41, 5.74) is 6.84. The molecule has 0 bridgehead atoms. The van der Waals surface area contributed by atoms with Crippen LogP contribution in [0.5, 0.6) is 34.5 Å². The second kappa shape index (κ2) is 14.3. The largest absolute Gasteiger partial charge is 0.647 e. The van der Waals surface area contributed by atoms with Crippen molar-refractivity contribution in [3.05, 3.63) is 142 Å². The van der Waals surface area contributed by atoms with E-state index in [1.54, 1.807) is 24.3 Å². The summed E-state index contributed by atoms with van der Waals surface area (Å²) in [7, 11) is -7.71. The monoisotopic (exact) mass is 684 g/mol. The Bertz CT molecular complexity index is 1710. The van der Waals surface area contributed by atoms with Gasteiger partial charge in [-0.2, -0.15) is 4.57 Å². The normalized spacial score (nSPS) is 11.5. The molecule has 0 aliphatic rings. The van der Waals surface area contributed by atoms with E-state index < -0.39 is 15.4 Å². The Morgan fingerprint density at radius 2 is 0.667 bits per heavy atom. The predicted molar refractivity (Wildman–Crippen MR) is 196 cm³/mol. The SMILES string of the molecule is C=P(Oc1cccc(OP(=O)(Oc2c(C)cccc2C)Oc2c(C)cccc2C)c1)(Oc1c(C)cccc1C)Oc1c(C)cccc1C. The van der Waals surface area contributed by atoms with Crippen LogP contribution in [0.1, 0.15) is 44.5 Å². The molecule has 0 saturated heterocycles. The second-order valence-corrected chi connectivity index (χ2v) is 15.2. The molecule has 0 aliphatic carbocycles. The molecule has 250 valence electrons. The van der Waals surface area contributed by atoms with Crippen LogP contribution in [0.2, 0.25) is 0 Å². The quantitative estimate of drug-likeness (QED) is 0.121. The lowest BCUT2D eigenvalue weighted by molar-refractivity contribution is 0.295. The molecule has 0 unspecified atom stereocenters. The van der Waals surface area contributed by atoms with E-state index in [4.69, 9.17) is 27.1 Å². The number of hydrogen-bond acceptors (Lipinski definition) is 7. The Morgan fingerprint density at radius 1 is 0.396 bits per heavy atom. The van der Waals surface area contributed by atoms with Crippen molar-refractivity contribution >= 4 is 21.7 Å². The minimum Gasteiger partial charge on any atom is -0.415 e. The van der Waals surface area contributed by atoms with Gasteiger partial charge in [-0.15, -0.1) is 0 Å². The maximum atomic E-state index is 14.6. The maximum absolute atomic E-state index is 14.6. The molecule has 0 fully saturated rings. The Kier molecular flexibility index (Phi) is 10.3. The highest BCUT2D eigenvalue weighted by molar-refractivity contribution is 7.60. The zero-order valence-electron chi connectivity index (χ0n) is 28.7. The lowest BCUT2D eigenvalue weighted by Crippen LogP contribution is -2.11. The third-order valence-electron chi connectivity index (χ3n) is 7.77.